The number of aromatic hydroxyl groups is 1. The SMILES string of the molecule is O=C1c2cc(O)cc(c2-c2ccc(S(=O)c3ccc([N+](=O)[O-])cc3)cc2)C(=O)N1c1ccc(S(=O)c2ccc([N+](=O)[O-])cc2)cc1. The fourth-order valence-electron chi connectivity index (χ4n) is 4.96. The Morgan fingerprint density at radius 2 is 0.913 bits per heavy atom. The zero-order valence-corrected chi connectivity index (χ0v) is 24.9. The Morgan fingerprint density at radius 1 is 0.565 bits per heavy atom. The van der Waals surface area contributed by atoms with E-state index in [0.29, 0.717) is 25.1 Å². The van der Waals surface area contributed by atoms with Crippen molar-refractivity contribution in [2.24, 2.45) is 0 Å². The maximum absolute atomic E-state index is 13.7. The quantitative estimate of drug-likeness (QED) is 0.119. The Hall–Kier alpha value is -5.86. The number of hydrogen-bond donors (Lipinski definition) is 1. The number of non-ortho nitro benzene ring substituents is 2. The molecule has 0 saturated heterocycles. The molecule has 0 spiro atoms. The minimum absolute atomic E-state index is 0.0531. The maximum atomic E-state index is 13.7. The summed E-state index contributed by atoms with van der Waals surface area (Å²) in [5.74, 6) is -1.68. The van der Waals surface area contributed by atoms with Crippen LogP contribution in [0.1, 0.15) is 20.7 Å². The van der Waals surface area contributed by atoms with Gasteiger partial charge in [-0.3, -0.25) is 29.8 Å². The van der Waals surface area contributed by atoms with Crippen molar-refractivity contribution >= 4 is 50.5 Å². The maximum Gasteiger partial charge on any atom is 0.269 e. The number of nitrogens with zero attached hydrogens (tertiary/aromatic N) is 3. The van der Waals surface area contributed by atoms with E-state index in [1.807, 2.05) is 0 Å². The molecule has 1 aliphatic rings. The first-order chi connectivity index (χ1) is 22.0. The third-order valence-electron chi connectivity index (χ3n) is 7.18. The number of nitro benzene ring substituents is 2. The van der Waals surface area contributed by atoms with Gasteiger partial charge in [-0.15, -0.1) is 0 Å². The minimum Gasteiger partial charge on any atom is -0.508 e. The van der Waals surface area contributed by atoms with Crippen LogP contribution in [0.2, 0.25) is 0 Å². The summed E-state index contributed by atoms with van der Waals surface area (Å²) >= 11 is 0. The topological polar surface area (TPSA) is 178 Å². The number of rotatable bonds is 8. The highest BCUT2D eigenvalue weighted by molar-refractivity contribution is 7.85. The largest absolute Gasteiger partial charge is 0.508 e. The van der Waals surface area contributed by atoms with Crippen LogP contribution < -0.4 is 4.90 Å². The monoisotopic (exact) mass is 653 g/mol. The Kier molecular flexibility index (Phi) is 7.81. The van der Waals surface area contributed by atoms with Crippen LogP contribution >= 0.6 is 0 Å². The Bertz CT molecular complexity index is 2080. The van der Waals surface area contributed by atoms with E-state index >= 15 is 0 Å². The standard InChI is InChI=1S/C32H19N3O9S2/c36-23-17-28-30(19-1-9-24(10-2-19)45(43)26-13-5-21(6-14-26)34(39)40)29(18-23)32(38)33(31(28)37)20-3-11-25(12-4-20)46(44)27-15-7-22(8-16-27)35(41)42/h1-18,36H. The van der Waals surface area contributed by atoms with Gasteiger partial charge in [-0.25, -0.2) is 13.3 Å². The average molecular weight is 654 g/mol. The molecular formula is C32H19N3O9S2. The molecule has 14 heteroatoms. The minimum atomic E-state index is -1.68. The first-order valence-electron chi connectivity index (χ1n) is 13.3. The summed E-state index contributed by atoms with van der Waals surface area (Å²) in [5.41, 5.74) is 0.784. The average Bonchev–Trinajstić information content (AvgIpc) is 3.07. The summed E-state index contributed by atoms with van der Waals surface area (Å²) in [6.45, 7) is 0. The number of anilines is 1. The van der Waals surface area contributed by atoms with Crippen LogP contribution in [0.5, 0.6) is 5.75 Å². The van der Waals surface area contributed by atoms with Gasteiger partial charge >= 0.3 is 0 Å². The second kappa shape index (κ2) is 11.9. The zero-order valence-electron chi connectivity index (χ0n) is 23.3. The Balaban J connectivity index is 1.27. The fourth-order valence-corrected chi connectivity index (χ4v) is 7.04. The lowest BCUT2D eigenvalue weighted by Crippen LogP contribution is -2.41. The van der Waals surface area contributed by atoms with Crippen molar-refractivity contribution in [3.8, 4) is 16.9 Å². The lowest BCUT2D eigenvalue weighted by Gasteiger charge is -2.29. The van der Waals surface area contributed by atoms with Crippen molar-refractivity contribution in [2.45, 2.75) is 19.6 Å². The number of imide groups is 1. The van der Waals surface area contributed by atoms with E-state index in [-0.39, 0.29) is 39.5 Å². The molecule has 0 aliphatic carbocycles. The van der Waals surface area contributed by atoms with Gasteiger partial charge in [-0.1, -0.05) is 12.1 Å². The number of hydrogen-bond acceptors (Lipinski definition) is 9. The number of phenolic OH excluding ortho intramolecular Hbond substituents is 1. The number of benzene rings is 5. The molecule has 2 unspecified atom stereocenters. The van der Waals surface area contributed by atoms with Gasteiger partial charge < -0.3 is 5.11 Å². The zero-order chi connectivity index (χ0) is 32.7. The molecule has 2 amide bonds. The Labute approximate surface area is 264 Å². The molecule has 6 rings (SSSR count). The molecule has 12 nitrogen and oxygen atoms in total. The first-order valence-corrected chi connectivity index (χ1v) is 15.6. The van der Waals surface area contributed by atoms with Gasteiger partial charge in [0.15, 0.2) is 0 Å². The van der Waals surface area contributed by atoms with Crippen LogP contribution in [0.4, 0.5) is 17.1 Å². The van der Waals surface area contributed by atoms with Crippen LogP contribution in [0, 0.1) is 20.2 Å². The number of carbonyl (C=O) groups is 2. The van der Waals surface area contributed by atoms with Crippen molar-refractivity contribution in [3.63, 3.8) is 0 Å². The van der Waals surface area contributed by atoms with Gasteiger partial charge in [0.1, 0.15) is 5.75 Å². The molecule has 1 aliphatic heterocycles. The number of nitro groups is 2. The molecule has 46 heavy (non-hydrogen) atoms. The molecule has 2 bridgehead atoms. The number of carbonyl (C=O) groups excluding carboxylic acids is 2. The van der Waals surface area contributed by atoms with Crippen molar-refractivity contribution in [1.82, 2.24) is 0 Å². The van der Waals surface area contributed by atoms with E-state index in [4.69, 9.17) is 0 Å². The van der Waals surface area contributed by atoms with Crippen LogP contribution in [-0.2, 0) is 21.6 Å². The molecule has 0 fully saturated rings. The van der Waals surface area contributed by atoms with E-state index in [1.54, 1.807) is 24.3 Å². The van der Waals surface area contributed by atoms with Gasteiger partial charge in [0.25, 0.3) is 23.2 Å². The van der Waals surface area contributed by atoms with Gasteiger partial charge in [-0.05, 0) is 78.4 Å². The number of amides is 2. The third-order valence-corrected chi connectivity index (χ3v) is 9.98. The van der Waals surface area contributed by atoms with Crippen molar-refractivity contribution in [2.75, 3.05) is 4.90 Å². The van der Waals surface area contributed by atoms with Gasteiger partial charge in [0.2, 0.25) is 0 Å². The number of fused-ring (bicyclic) bond motifs is 2. The van der Waals surface area contributed by atoms with Gasteiger partial charge in [0, 0.05) is 49.4 Å². The molecule has 2 atom stereocenters. The predicted octanol–water partition coefficient (Wildman–Crippen LogP) is 6.01. The molecule has 1 N–H and O–H groups in total. The second-order valence-corrected chi connectivity index (χ2v) is 12.9. The van der Waals surface area contributed by atoms with Crippen LogP contribution in [0.3, 0.4) is 0 Å². The van der Waals surface area contributed by atoms with E-state index in [9.17, 15) is 43.3 Å². The molecular weight excluding hydrogens is 634 g/mol. The van der Waals surface area contributed by atoms with Gasteiger partial charge in [-0.2, -0.15) is 0 Å². The fraction of sp³-hybridized carbons (Fsp3) is 0. The smallest absolute Gasteiger partial charge is 0.269 e. The van der Waals surface area contributed by atoms with Gasteiger partial charge in [0.05, 0.1) is 48.3 Å². The van der Waals surface area contributed by atoms with Crippen LogP contribution in [-0.4, -0.2) is 35.2 Å². The number of phenols is 1. The highest BCUT2D eigenvalue weighted by atomic mass is 32.2. The summed E-state index contributed by atoms with van der Waals surface area (Å²) in [6, 6.07) is 25.3. The lowest BCUT2D eigenvalue weighted by atomic mass is 9.89. The molecule has 0 aromatic heterocycles. The van der Waals surface area contributed by atoms with Crippen LogP contribution in [0.15, 0.2) is 129 Å². The van der Waals surface area contributed by atoms with E-state index < -0.39 is 43.3 Å². The first kappa shape index (κ1) is 30.2. The van der Waals surface area contributed by atoms with Crippen molar-refractivity contribution < 1.29 is 33.0 Å². The highest BCUT2D eigenvalue weighted by Crippen LogP contribution is 2.39. The van der Waals surface area contributed by atoms with Crippen molar-refractivity contribution in [1.29, 1.82) is 0 Å². The third kappa shape index (κ3) is 5.46. The molecule has 0 radical (unpaired) electrons. The molecule has 228 valence electrons. The predicted molar refractivity (Wildman–Crippen MR) is 167 cm³/mol. The molecule has 5 aromatic rings. The van der Waals surface area contributed by atoms with E-state index in [2.05, 4.69) is 0 Å². The Morgan fingerprint density at radius 3 is 1.28 bits per heavy atom. The van der Waals surface area contributed by atoms with E-state index in [1.165, 1.54) is 84.9 Å². The lowest BCUT2D eigenvalue weighted by molar-refractivity contribution is -0.385. The molecule has 1 heterocycles. The van der Waals surface area contributed by atoms with E-state index in [0.717, 1.165) is 4.90 Å². The molecule has 0 saturated carbocycles. The summed E-state index contributed by atoms with van der Waals surface area (Å²) in [4.78, 5) is 50.5. The van der Waals surface area contributed by atoms with Crippen LogP contribution in [0.25, 0.3) is 11.1 Å². The highest BCUT2D eigenvalue weighted by Gasteiger charge is 2.37. The normalized spacial score (nSPS) is 13.7. The summed E-state index contributed by atoms with van der Waals surface area (Å²) < 4.78 is 26.1. The summed E-state index contributed by atoms with van der Waals surface area (Å²) in [5, 5.41) is 32.1. The second-order valence-electron chi connectivity index (χ2n) is 9.92. The molecule has 5 aromatic carbocycles. The summed E-state index contributed by atoms with van der Waals surface area (Å²) in [7, 11) is -3.34. The summed E-state index contributed by atoms with van der Waals surface area (Å²) in [6.07, 6.45) is 0. The van der Waals surface area contributed by atoms with Crippen molar-refractivity contribution in [3.05, 3.63) is 141 Å².